The fraction of sp³-hybridized carbons (Fsp3) is 0.533. The summed E-state index contributed by atoms with van der Waals surface area (Å²) in [4.78, 5) is 11.8. The molecule has 3 nitrogen and oxygen atoms in total. The average molecular weight is 247 g/mol. The molecule has 1 radical (unpaired) electrons. The highest BCUT2D eigenvalue weighted by Crippen LogP contribution is 2.26. The van der Waals surface area contributed by atoms with E-state index < -0.39 is 0 Å². The molecule has 2 rings (SSSR count). The molecule has 1 saturated carbocycles. The average Bonchev–Trinajstić information content (AvgIpc) is 2.41. The molecule has 0 spiro atoms. The van der Waals surface area contributed by atoms with Crippen molar-refractivity contribution in [3.8, 4) is 5.75 Å². The Labute approximate surface area is 108 Å². The van der Waals surface area contributed by atoms with Crippen LogP contribution in [-0.4, -0.2) is 18.7 Å². The van der Waals surface area contributed by atoms with Gasteiger partial charge in [0.15, 0.2) is 0 Å². The van der Waals surface area contributed by atoms with Gasteiger partial charge in [-0.3, -0.25) is 0 Å². The number of esters is 1. The van der Waals surface area contributed by atoms with E-state index in [1.165, 1.54) is 19.3 Å². The molecule has 0 bridgehead atoms. The molecule has 0 N–H and O–H groups in total. The van der Waals surface area contributed by atoms with Gasteiger partial charge >= 0.3 is 5.97 Å². The summed E-state index contributed by atoms with van der Waals surface area (Å²) < 4.78 is 10.9. The number of rotatable bonds is 4. The first-order valence-electron chi connectivity index (χ1n) is 6.65. The monoisotopic (exact) mass is 247 g/mol. The maximum atomic E-state index is 11.8. The van der Waals surface area contributed by atoms with Crippen molar-refractivity contribution in [2.45, 2.75) is 45.1 Å². The second-order valence-corrected chi connectivity index (χ2v) is 4.51. The van der Waals surface area contributed by atoms with E-state index in [0.717, 1.165) is 12.8 Å². The lowest BCUT2D eigenvalue weighted by Gasteiger charge is -2.23. The largest absolute Gasteiger partial charge is 0.489 e. The molecule has 0 unspecified atom stereocenters. The second-order valence-electron chi connectivity index (χ2n) is 4.51. The molecule has 18 heavy (non-hydrogen) atoms. The molecule has 0 aliphatic heterocycles. The van der Waals surface area contributed by atoms with Crippen molar-refractivity contribution < 1.29 is 14.3 Å². The summed E-state index contributed by atoms with van der Waals surface area (Å²) in [7, 11) is 0. The van der Waals surface area contributed by atoms with Crippen LogP contribution >= 0.6 is 0 Å². The Balaban J connectivity index is 2.08. The van der Waals surface area contributed by atoms with E-state index in [-0.39, 0.29) is 12.1 Å². The minimum atomic E-state index is -0.333. The maximum Gasteiger partial charge on any atom is 0.341 e. The molecule has 1 aromatic rings. The maximum absolute atomic E-state index is 11.8. The van der Waals surface area contributed by atoms with Gasteiger partial charge in [0, 0.05) is 6.07 Å². The molecule has 1 aromatic carbocycles. The van der Waals surface area contributed by atoms with Crippen molar-refractivity contribution in [1.29, 1.82) is 0 Å². The van der Waals surface area contributed by atoms with Crippen LogP contribution in [0.2, 0.25) is 0 Å². The Bertz CT molecular complexity index is 394. The zero-order valence-corrected chi connectivity index (χ0v) is 10.8. The summed E-state index contributed by atoms with van der Waals surface area (Å²) >= 11 is 0. The SMILES string of the molecule is CCOC(=O)c1ccc[c]c1OC1CCCCC1. The molecule has 3 heteroatoms. The Morgan fingerprint density at radius 3 is 2.89 bits per heavy atom. The lowest BCUT2D eigenvalue weighted by atomic mass is 9.97. The number of para-hydroxylation sites is 1. The molecule has 0 heterocycles. The highest BCUT2D eigenvalue weighted by molar-refractivity contribution is 5.92. The minimum Gasteiger partial charge on any atom is -0.489 e. The third-order valence-corrected chi connectivity index (χ3v) is 3.15. The zero-order chi connectivity index (χ0) is 12.8. The number of hydrogen-bond donors (Lipinski definition) is 0. The second kappa shape index (κ2) is 6.43. The van der Waals surface area contributed by atoms with Crippen LogP contribution in [0, 0.1) is 6.07 Å². The quantitative estimate of drug-likeness (QED) is 0.765. The molecule has 1 aliphatic carbocycles. The van der Waals surface area contributed by atoms with Crippen molar-refractivity contribution >= 4 is 5.97 Å². The van der Waals surface area contributed by atoms with E-state index in [0.29, 0.717) is 17.9 Å². The fourth-order valence-corrected chi connectivity index (χ4v) is 2.24. The van der Waals surface area contributed by atoms with Crippen LogP contribution in [-0.2, 0) is 4.74 Å². The first-order valence-corrected chi connectivity index (χ1v) is 6.65. The third-order valence-electron chi connectivity index (χ3n) is 3.15. The fourth-order valence-electron chi connectivity index (χ4n) is 2.24. The number of carbonyl (C=O) groups is 1. The number of carbonyl (C=O) groups excluding carboxylic acids is 1. The van der Waals surface area contributed by atoms with Crippen molar-refractivity contribution in [1.82, 2.24) is 0 Å². The van der Waals surface area contributed by atoms with Gasteiger partial charge in [-0.25, -0.2) is 4.79 Å². The number of ether oxygens (including phenoxy) is 2. The van der Waals surface area contributed by atoms with Gasteiger partial charge in [0.05, 0.1) is 12.7 Å². The first-order chi connectivity index (χ1) is 8.81. The van der Waals surface area contributed by atoms with E-state index in [1.807, 2.05) is 0 Å². The predicted octanol–water partition coefficient (Wildman–Crippen LogP) is 3.37. The minimum absolute atomic E-state index is 0.213. The molecule has 1 fully saturated rings. The Morgan fingerprint density at radius 2 is 2.17 bits per heavy atom. The number of hydrogen-bond acceptors (Lipinski definition) is 3. The Hall–Kier alpha value is -1.51. The van der Waals surface area contributed by atoms with Crippen molar-refractivity contribution in [2.24, 2.45) is 0 Å². The summed E-state index contributed by atoms with van der Waals surface area (Å²) in [5, 5.41) is 0. The van der Waals surface area contributed by atoms with Crippen LogP contribution in [0.3, 0.4) is 0 Å². The summed E-state index contributed by atoms with van der Waals surface area (Å²) in [6.07, 6.45) is 6.02. The summed E-state index contributed by atoms with van der Waals surface area (Å²) in [5.41, 5.74) is 0.477. The van der Waals surface area contributed by atoms with E-state index in [9.17, 15) is 4.79 Å². The molecule has 97 valence electrons. The first kappa shape index (κ1) is 12.9. The lowest BCUT2D eigenvalue weighted by Crippen LogP contribution is -2.21. The van der Waals surface area contributed by atoms with Gasteiger partial charge in [0.25, 0.3) is 0 Å². The normalized spacial score (nSPS) is 16.3. The molecular weight excluding hydrogens is 228 g/mol. The van der Waals surface area contributed by atoms with Gasteiger partial charge in [-0.15, -0.1) is 0 Å². The Morgan fingerprint density at radius 1 is 1.39 bits per heavy atom. The van der Waals surface area contributed by atoms with Gasteiger partial charge in [0.1, 0.15) is 11.3 Å². The van der Waals surface area contributed by atoms with Crippen LogP contribution in [0.15, 0.2) is 18.2 Å². The highest BCUT2D eigenvalue weighted by Gasteiger charge is 2.19. The molecule has 0 saturated heterocycles. The smallest absolute Gasteiger partial charge is 0.341 e. The van der Waals surface area contributed by atoms with E-state index in [4.69, 9.17) is 9.47 Å². The zero-order valence-electron chi connectivity index (χ0n) is 10.8. The standard InChI is InChI=1S/C15H19O3/c1-2-17-15(16)13-10-6-7-11-14(13)18-12-8-4-3-5-9-12/h6-7,10,12H,2-5,8-9H2,1H3. The predicted molar refractivity (Wildman–Crippen MR) is 68.7 cm³/mol. The Kier molecular flexibility index (Phi) is 4.62. The molecule has 1 aliphatic rings. The summed E-state index contributed by atoms with van der Waals surface area (Å²) in [6.45, 7) is 2.17. The van der Waals surface area contributed by atoms with Crippen molar-refractivity contribution in [3.63, 3.8) is 0 Å². The van der Waals surface area contributed by atoms with Crippen LogP contribution in [0.4, 0.5) is 0 Å². The van der Waals surface area contributed by atoms with Crippen LogP contribution in [0.5, 0.6) is 5.75 Å². The topological polar surface area (TPSA) is 35.5 Å². The van der Waals surface area contributed by atoms with E-state index in [2.05, 4.69) is 6.07 Å². The highest BCUT2D eigenvalue weighted by atomic mass is 16.5. The van der Waals surface area contributed by atoms with Gasteiger partial charge in [-0.2, -0.15) is 0 Å². The third kappa shape index (κ3) is 3.25. The van der Waals surface area contributed by atoms with Gasteiger partial charge in [0.2, 0.25) is 0 Å². The molecule has 0 amide bonds. The summed E-state index contributed by atoms with van der Waals surface area (Å²) in [5.74, 6) is 0.197. The van der Waals surface area contributed by atoms with Gasteiger partial charge < -0.3 is 9.47 Å². The van der Waals surface area contributed by atoms with Crippen molar-refractivity contribution in [2.75, 3.05) is 6.61 Å². The lowest BCUT2D eigenvalue weighted by molar-refractivity contribution is 0.0516. The van der Waals surface area contributed by atoms with Crippen LogP contribution in [0.1, 0.15) is 49.4 Å². The molecule has 0 atom stereocenters. The molecule has 0 aromatic heterocycles. The summed E-state index contributed by atoms with van der Waals surface area (Å²) in [6, 6.07) is 8.27. The molecular formula is C15H19O3. The number of benzene rings is 1. The van der Waals surface area contributed by atoms with Crippen LogP contribution < -0.4 is 4.74 Å². The van der Waals surface area contributed by atoms with Crippen LogP contribution in [0.25, 0.3) is 0 Å². The van der Waals surface area contributed by atoms with E-state index in [1.54, 1.807) is 25.1 Å². The van der Waals surface area contributed by atoms with Crippen molar-refractivity contribution in [3.05, 3.63) is 29.8 Å². The van der Waals surface area contributed by atoms with Gasteiger partial charge in [-0.05, 0) is 38.7 Å². The van der Waals surface area contributed by atoms with Gasteiger partial charge in [-0.1, -0.05) is 18.6 Å². The van der Waals surface area contributed by atoms with E-state index >= 15 is 0 Å².